The van der Waals surface area contributed by atoms with E-state index < -0.39 is 0 Å². The summed E-state index contributed by atoms with van der Waals surface area (Å²) in [4.78, 5) is 1.31. The van der Waals surface area contributed by atoms with Crippen LogP contribution in [0.4, 0.5) is 0 Å². The summed E-state index contributed by atoms with van der Waals surface area (Å²) < 4.78 is 2.62. The molecule has 0 nitrogen and oxygen atoms in total. The number of thiophene rings is 2. The number of benzene rings is 9. The lowest BCUT2D eigenvalue weighted by Crippen LogP contribution is -1.91. The molecule has 2 heterocycles. The van der Waals surface area contributed by atoms with Gasteiger partial charge in [0, 0.05) is 30.6 Å². The van der Waals surface area contributed by atoms with Crippen molar-refractivity contribution in [3.8, 4) is 43.8 Å². The maximum atomic E-state index is 2.47. The molecular weight excluding hydrogens is 665 g/mol. The molecule has 9 aromatic carbocycles. The molecule has 0 atom stereocenters. The second-order valence-corrected chi connectivity index (χ2v) is 15.5. The molecule has 0 radical (unpaired) electrons. The molecular formula is C50H30S2. The van der Waals surface area contributed by atoms with Crippen LogP contribution in [0.15, 0.2) is 181 Å². The van der Waals surface area contributed by atoms with Crippen molar-refractivity contribution >= 4 is 85.9 Å². The van der Waals surface area contributed by atoms with Gasteiger partial charge in [0.25, 0.3) is 0 Å². The highest BCUT2D eigenvalue weighted by Gasteiger charge is 2.21. The van der Waals surface area contributed by atoms with E-state index in [4.69, 9.17) is 0 Å². The van der Waals surface area contributed by atoms with Gasteiger partial charge >= 0.3 is 0 Å². The average molecular weight is 695 g/mol. The first-order chi connectivity index (χ1) is 25.8. The summed E-state index contributed by atoms with van der Waals surface area (Å²) in [6, 6.07) is 65.2. The fourth-order valence-corrected chi connectivity index (χ4v) is 10.6. The van der Waals surface area contributed by atoms with Crippen molar-refractivity contribution in [2.24, 2.45) is 0 Å². The molecule has 2 aromatic heterocycles. The van der Waals surface area contributed by atoms with Crippen LogP contribution in [0.3, 0.4) is 0 Å². The first-order valence-electron chi connectivity index (χ1n) is 17.8. The van der Waals surface area contributed by atoms with Crippen molar-refractivity contribution in [1.82, 2.24) is 0 Å². The fourth-order valence-electron chi connectivity index (χ4n) is 8.65. The molecule has 0 bridgehead atoms. The van der Waals surface area contributed by atoms with E-state index in [1.165, 1.54) is 107 Å². The predicted molar refractivity (Wildman–Crippen MR) is 229 cm³/mol. The molecule has 0 saturated heterocycles. The normalized spacial score (nSPS) is 11.8. The number of rotatable bonds is 4. The van der Waals surface area contributed by atoms with Crippen LogP contribution in [0.2, 0.25) is 0 Å². The summed E-state index contributed by atoms with van der Waals surface area (Å²) in [5.41, 5.74) is 9.01. The molecule has 0 spiro atoms. The van der Waals surface area contributed by atoms with Gasteiger partial charge in [-0.2, -0.15) is 0 Å². The molecule has 0 unspecified atom stereocenters. The Morgan fingerprint density at radius 1 is 0.308 bits per heavy atom. The van der Waals surface area contributed by atoms with Crippen LogP contribution in [0.5, 0.6) is 0 Å². The average Bonchev–Trinajstić information content (AvgIpc) is 3.88. The topological polar surface area (TPSA) is 0 Å². The van der Waals surface area contributed by atoms with Crippen molar-refractivity contribution in [3.63, 3.8) is 0 Å². The molecule has 0 amide bonds. The van der Waals surface area contributed by atoms with Gasteiger partial charge < -0.3 is 0 Å². The van der Waals surface area contributed by atoms with E-state index in [-0.39, 0.29) is 0 Å². The van der Waals surface area contributed by atoms with Gasteiger partial charge in [-0.15, -0.1) is 22.7 Å². The van der Waals surface area contributed by atoms with Gasteiger partial charge in [0.1, 0.15) is 0 Å². The first kappa shape index (κ1) is 29.6. The van der Waals surface area contributed by atoms with Crippen molar-refractivity contribution in [2.45, 2.75) is 0 Å². The minimum absolute atomic E-state index is 1.25. The van der Waals surface area contributed by atoms with Crippen LogP contribution >= 0.6 is 22.7 Å². The van der Waals surface area contributed by atoms with E-state index in [0.29, 0.717) is 0 Å². The lowest BCUT2D eigenvalue weighted by molar-refractivity contribution is 1.66. The fraction of sp³-hybridized carbons (Fsp3) is 0. The number of hydrogen-bond donors (Lipinski definition) is 0. The molecule has 52 heavy (non-hydrogen) atoms. The van der Waals surface area contributed by atoms with Crippen molar-refractivity contribution in [1.29, 1.82) is 0 Å². The zero-order valence-electron chi connectivity index (χ0n) is 28.1. The Kier molecular flexibility index (Phi) is 6.70. The Morgan fingerprint density at radius 2 is 0.827 bits per heavy atom. The van der Waals surface area contributed by atoms with Gasteiger partial charge in [0.2, 0.25) is 0 Å². The van der Waals surface area contributed by atoms with Gasteiger partial charge in [-0.05, 0) is 106 Å². The molecule has 0 aliphatic heterocycles. The van der Waals surface area contributed by atoms with Crippen LogP contribution in [-0.2, 0) is 0 Å². The Morgan fingerprint density at radius 3 is 1.38 bits per heavy atom. The van der Waals surface area contributed by atoms with Gasteiger partial charge in [-0.3, -0.25) is 0 Å². The van der Waals surface area contributed by atoms with Crippen molar-refractivity contribution in [3.05, 3.63) is 181 Å². The van der Waals surface area contributed by atoms with Crippen molar-refractivity contribution < 1.29 is 0 Å². The second-order valence-electron chi connectivity index (χ2n) is 13.5. The molecule has 11 rings (SSSR count). The smallest absolute Gasteiger partial charge is 0.0361 e. The van der Waals surface area contributed by atoms with Crippen LogP contribution in [0, 0.1) is 0 Å². The van der Waals surface area contributed by atoms with Gasteiger partial charge in [-0.25, -0.2) is 0 Å². The zero-order valence-corrected chi connectivity index (χ0v) is 29.8. The van der Waals surface area contributed by atoms with Crippen LogP contribution < -0.4 is 0 Å². The Balaban J connectivity index is 1.23. The maximum Gasteiger partial charge on any atom is 0.0361 e. The molecule has 2 heteroatoms. The standard InChI is InChI=1S/C50H30S2/c1-2-14-31(15-3-1)46-33-16-4-6-18-35(33)47(36-19-7-5-17-34(36)46)32-27-28-43-42(30-32)50-41(24-12-25-45(50)52-43)48-37-20-8-10-22-39(37)49(44-26-13-29-51-44)40-23-11-9-21-38(40)48/h1-30H. The molecule has 0 aliphatic carbocycles. The number of fused-ring (bicyclic) bond motifs is 7. The predicted octanol–water partition coefficient (Wildman–Crippen LogP) is 15.4. The lowest BCUT2D eigenvalue weighted by Gasteiger charge is -2.18. The minimum Gasteiger partial charge on any atom is -0.144 e. The molecule has 11 aromatic rings. The number of hydrogen-bond acceptors (Lipinski definition) is 2. The van der Waals surface area contributed by atoms with Crippen LogP contribution in [0.25, 0.3) is 107 Å². The molecule has 0 aliphatic rings. The highest BCUT2D eigenvalue weighted by molar-refractivity contribution is 7.26. The lowest BCUT2D eigenvalue weighted by atomic mass is 9.85. The molecule has 0 N–H and O–H groups in total. The van der Waals surface area contributed by atoms with Crippen LogP contribution in [-0.4, -0.2) is 0 Å². The highest BCUT2D eigenvalue weighted by atomic mass is 32.1. The summed E-state index contributed by atoms with van der Waals surface area (Å²) >= 11 is 3.71. The highest BCUT2D eigenvalue weighted by Crippen LogP contribution is 2.50. The largest absolute Gasteiger partial charge is 0.144 e. The zero-order chi connectivity index (χ0) is 34.2. The van der Waals surface area contributed by atoms with Gasteiger partial charge in [0.05, 0.1) is 0 Å². The van der Waals surface area contributed by atoms with E-state index >= 15 is 0 Å². The Labute approximate surface area is 309 Å². The van der Waals surface area contributed by atoms with Crippen LogP contribution in [0.1, 0.15) is 0 Å². The summed E-state index contributed by atoms with van der Waals surface area (Å²) in [7, 11) is 0. The van der Waals surface area contributed by atoms with Gasteiger partial charge in [0.15, 0.2) is 0 Å². The maximum absolute atomic E-state index is 2.47. The Hall–Kier alpha value is -6.06. The van der Waals surface area contributed by atoms with E-state index in [1.807, 2.05) is 22.7 Å². The molecule has 242 valence electrons. The van der Waals surface area contributed by atoms with E-state index in [9.17, 15) is 0 Å². The third kappa shape index (κ3) is 4.38. The third-order valence-corrected chi connectivity index (χ3v) is 12.8. The summed E-state index contributed by atoms with van der Waals surface area (Å²) in [6.45, 7) is 0. The minimum atomic E-state index is 1.25. The molecule has 0 fully saturated rings. The first-order valence-corrected chi connectivity index (χ1v) is 19.5. The molecule has 0 saturated carbocycles. The summed E-state index contributed by atoms with van der Waals surface area (Å²) in [5, 5.41) is 15.1. The SMILES string of the molecule is c1ccc(-c2c3ccccc3c(-c3ccc4sc5cccc(-c6c7ccccc7c(-c7cccs7)c7ccccc67)c5c4c3)c3ccccc23)cc1. The monoisotopic (exact) mass is 694 g/mol. The summed E-state index contributed by atoms with van der Waals surface area (Å²) in [5.74, 6) is 0. The van der Waals surface area contributed by atoms with E-state index in [0.717, 1.165) is 0 Å². The second kappa shape index (κ2) is 11.7. The van der Waals surface area contributed by atoms with Crippen molar-refractivity contribution in [2.75, 3.05) is 0 Å². The van der Waals surface area contributed by atoms with E-state index in [1.54, 1.807) is 0 Å². The summed E-state index contributed by atoms with van der Waals surface area (Å²) in [6.07, 6.45) is 0. The third-order valence-electron chi connectivity index (χ3n) is 10.7. The van der Waals surface area contributed by atoms with Gasteiger partial charge in [-0.1, -0.05) is 152 Å². The quantitative estimate of drug-likeness (QED) is 0.161. The Bertz CT molecular complexity index is 3050. The van der Waals surface area contributed by atoms with E-state index in [2.05, 4.69) is 181 Å².